The number of nitrogens with zero attached hydrogens (tertiary/aromatic N) is 4. The molecule has 0 radical (unpaired) electrons. The van der Waals surface area contributed by atoms with Crippen molar-refractivity contribution >= 4 is 11.6 Å². The van der Waals surface area contributed by atoms with Gasteiger partial charge in [0.15, 0.2) is 0 Å². The third-order valence-corrected chi connectivity index (χ3v) is 4.16. The van der Waals surface area contributed by atoms with Crippen LogP contribution in [0.4, 0.5) is 5.69 Å². The van der Waals surface area contributed by atoms with Gasteiger partial charge in [-0.05, 0) is 56.5 Å². The van der Waals surface area contributed by atoms with E-state index in [1.54, 1.807) is 12.7 Å². The molecule has 1 aromatic heterocycles. The third kappa shape index (κ3) is 4.16. The molecule has 1 saturated heterocycles. The standard InChI is InChI=1S/C17H23N5O/c1-13-6-14(2)8-15(7-13)20-17(23)10-21-5-3-4-16(9-21)22-12-18-11-19-22/h6-8,11-12,16H,3-5,9-10H2,1-2H3,(H,20,23). The molecule has 23 heavy (non-hydrogen) atoms. The van der Waals surface area contributed by atoms with E-state index in [4.69, 9.17) is 0 Å². The monoisotopic (exact) mass is 313 g/mol. The number of likely N-dealkylation sites (tertiary alicyclic amines) is 1. The van der Waals surface area contributed by atoms with E-state index in [2.05, 4.69) is 26.4 Å². The van der Waals surface area contributed by atoms with Crippen LogP contribution < -0.4 is 5.32 Å². The van der Waals surface area contributed by atoms with E-state index in [1.807, 2.05) is 30.7 Å². The Hall–Kier alpha value is -2.21. The average molecular weight is 313 g/mol. The normalized spacial score (nSPS) is 18.8. The lowest BCUT2D eigenvalue weighted by Gasteiger charge is -2.32. The van der Waals surface area contributed by atoms with Crippen molar-refractivity contribution in [1.82, 2.24) is 19.7 Å². The van der Waals surface area contributed by atoms with Crippen LogP contribution in [-0.4, -0.2) is 45.2 Å². The number of nitrogens with one attached hydrogen (secondary N) is 1. The predicted octanol–water partition coefficient (Wildman–Crippen LogP) is 2.17. The van der Waals surface area contributed by atoms with Crippen LogP contribution in [0.3, 0.4) is 0 Å². The fraction of sp³-hybridized carbons (Fsp3) is 0.471. The van der Waals surface area contributed by atoms with Gasteiger partial charge < -0.3 is 5.32 Å². The van der Waals surface area contributed by atoms with Crippen molar-refractivity contribution in [3.63, 3.8) is 0 Å². The van der Waals surface area contributed by atoms with Crippen LogP contribution in [0.5, 0.6) is 0 Å². The van der Waals surface area contributed by atoms with Crippen LogP contribution in [0.15, 0.2) is 30.9 Å². The van der Waals surface area contributed by atoms with E-state index in [0.717, 1.165) is 42.7 Å². The van der Waals surface area contributed by atoms with Gasteiger partial charge in [0.05, 0.1) is 12.6 Å². The molecule has 6 heteroatoms. The number of amides is 1. The van der Waals surface area contributed by atoms with Gasteiger partial charge in [0.1, 0.15) is 12.7 Å². The number of hydrogen-bond acceptors (Lipinski definition) is 4. The molecular weight excluding hydrogens is 290 g/mol. The Balaban J connectivity index is 1.57. The highest BCUT2D eigenvalue weighted by molar-refractivity contribution is 5.92. The van der Waals surface area contributed by atoms with E-state index in [9.17, 15) is 4.79 Å². The Kier molecular flexibility index (Phi) is 4.71. The summed E-state index contributed by atoms with van der Waals surface area (Å²) in [6.07, 6.45) is 5.47. The van der Waals surface area contributed by atoms with Crippen LogP contribution in [0.25, 0.3) is 0 Å². The number of rotatable bonds is 4. The van der Waals surface area contributed by atoms with Gasteiger partial charge in [-0.25, -0.2) is 9.67 Å². The summed E-state index contributed by atoms with van der Waals surface area (Å²) in [5.74, 6) is 0.0363. The van der Waals surface area contributed by atoms with E-state index in [-0.39, 0.29) is 5.91 Å². The Morgan fingerprint density at radius 3 is 2.78 bits per heavy atom. The van der Waals surface area contributed by atoms with E-state index < -0.39 is 0 Å². The molecule has 0 saturated carbocycles. The second kappa shape index (κ2) is 6.91. The largest absolute Gasteiger partial charge is 0.325 e. The number of carbonyl (C=O) groups is 1. The maximum atomic E-state index is 12.3. The molecule has 1 aliphatic heterocycles. The van der Waals surface area contributed by atoms with Gasteiger partial charge in [-0.15, -0.1) is 0 Å². The van der Waals surface area contributed by atoms with Gasteiger partial charge >= 0.3 is 0 Å². The molecule has 2 heterocycles. The molecule has 3 rings (SSSR count). The van der Waals surface area contributed by atoms with Crippen molar-refractivity contribution in [2.75, 3.05) is 25.0 Å². The minimum absolute atomic E-state index is 0.0363. The summed E-state index contributed by atoms with van der Waals surface area (Å²) in [6, 6.07) is 6.40. The summed E-state index contributed by atoms with van der Waals surface area (Å²) < 4.78 is 1.90. The Labute approximate surface area is 136 Å². The lowest BCUT2D eigenvalue weighted by atomic mass is 10.1. The molecule has 6 nitrogen and oxygen atoms in total. The molecule has 0 bridgehead atoms. The van der Waals surface area contributed by atoms with Gasteiger partial charge in [-0.1, -0.05) is 6.07 Å². The zero-order chi connectivity index (χ0) is 16.2. The predicted molar refractivity (Wildman–Crippen MR) is 89.3 cm³/mol. The first kappa shape index (κ1) is 15.7. The highest BCUT2D eigenvalue weighted by Crippen LogP contribution is 2.20. The first-order chi connectivity index (χ1) is 11.1. The first-order valence-corrected chi connectivity index (χ1v) is 8.05. The molecule has 1 unspecified atom stereocenters. The minimum Gasteiger partial charge on any atom is -0.325 e. The smallest absolute Gasteiger partial charge is 0.238 e. The summed E-state index contributed by atoms with van der Waals surface area (Å²) in [7, 11) is 0. The minimum atomic E-state index is 0.0363. The average Bonchev–Trinajstić information content (AvgIpc) is 3.00. The van der Waals surface area contributed by atoms with E-state index in [0.29, 0.717) is 12.6 Å². The SMILES string of the molecule is Cc1cc(C)cc(NC(=O)CN2CCCC(n3cncn3)C2)c1. The number of aryl methyl sites for hydroxylation is 2. The molecule has 1 amide bonds. The summed E-state index contributed by atoms with van der Waals surface area (Å²) >= 11 is 0. The molecule has 1 N–H and O–H groups in total. The number of benzene rings is 1. The molecule has 1 aliphatic rings. The highest BCUT2D eigenvalue weighted by Gasteiger charge is 2.23. The maximum Gasteiger partial charge on any atom is 0.238 e. The first-order valence-electron chi connectivity index (χ1n) is 8.05. The van der Waals surface area contributed by atoms with Crippen LogP contribution in [-0.2, 0) is 4.79 Å². The molecule has 2 aromatic rings. The highest BCUT2D eigenvalue weighted by atomic mass is 16.2. The number of aromatic nitrogens is 3. The van der Waals surface area contributed by atoms with E-state index in [1.165, 1.54) is 0 Å². The van der Waals surface area contributed by atoms with Gasteiger partial charge in [-0.3, -0.25) is 9.69 Å². The second-order valence-corrected chi connectivity index (χ2v) is 6.33. The number of carbonyl (C=O) groups excluding carboxylic acids is 1. The molecule has 1 fully saturated rings. The molecular formula is C17H23N5O. The summed E-state index contributed by atoms with van der Waals surface area (Å²) in [5, 5.41) is 7.22. The lowest BCUT2D eigenvalue weighted by molar-refractivity contribution is -0.117. The lowest BCUT2D eigenvalue weighted by Crippen LogP contribution is -2.41. The Morgan fingerprint density at radius 1 is 1.30 bits per heavy atom. The number of anilines is 1. The Bertz CT molecular complexity index is 647. The molecule has 122 valence electrons. The molecule has 0 spiro atoms. The summed E-state index contributed by atoms with van der Waals surface area (Å²) in [6.45, 7) is 6.28. The van der Waals surface area contributed by atoms with Crippen LogP contribution in [0, 0.1) is 13.8 Å². The van der Waals surface area contributed by atoms with Crippen molar-refractivity contribution in [1.29, 1.82) is 0 Å². The molecule has 1 atom stereocenters. The fourth-order valence-corrected chi connectivity index (χ4v) is 3.25. The number of hydrogen-bond donors (Lipinski definition) is 1. The third-order valence-electron chi connectivity index (χ3n) is 4.16. The van der Waals surface area contributed by atoms with E-state index >= 15 is 0 Å². The molecule has 0 aliphatic carbocycles. The van der Waals surface area contributed by atoms with Crippen molar-refractivity contribution in [2.45, 2.75) is 32.7 Å². The van der Waals surface area contributed by atoms with Gasteiger partial charge in [0, 0.05) is 12.2 Å². The van der Waals surface area contributed by atoms with Crippen LogP contribution >= 0.6 is 0 Å². The van der Waals surface area contributed by atoms with Crippen LogP contribution in [0.2, 0.25) is 0 Å². The summed E-state index contributed by atoms with van der Waals surface area (Å²) in [4.78, 5) is 18.5. The summed E-state index contributed by atoms with van der Waals surface area (Å²) in [5.41, 5.74) is 3.19. The fourth-order valence-electron chi connectivity index (χ4n) is 3.25. The van der Waals surface area contributed by atoms with Crippen molar-refractivity contribution < 1.29 is 4.79 Å². The number of piperidine rings is 1. The molecule has 1 aromatic carbocycles. The van der Waals surface area contributed by atoms with Gasteiger partial charge in [0.25, 0.3) is 0 Å². The van der Waals surface area contributed by atoms with Crippen LogP contribution in [0.1, 0.15) is 30.0 Å². The van der Waals surface area contributed by atoms with Gasteiger partial charge in [0.2, 0.25) is 5.91 Å². The van der Waals surface area contributed by atoms with Crippen molar-refractivity contribution in [2.24, 2.45) is 0 Å². The van der Waals surface area contributed by atoms with Crippen molar-refractivity contribution in [3.05, 3.63) is 42.0 Å². The Morgan fingerprint density at radius 2 is 2.09 bits per heavy atom. The second-order valence-electron chi connectivity index (χ2n) is 6.33. The maximum absolute atomic E-state index is 12.3. The zero-order valence-electron chi connectivity index (χ0n) is 13.7. The zero-order valence-corrected chi connectivity index (χ0v) is 13.7. The van der Waals surface area contributed by atoms with Crippen molar-refractivity contribution in [3.8, 4) is 0 Å². The quantitative estimate of drug-likeness (QED) is 0.939. The van der Waals surface area contributed by atoms with Gasteiger partial charge in [-0.2, -0.15) is 5.10 Å². The topological polar surface area (TPSA) is 63.1 Å².